The first-order chi connectivity index (χ1) is 16.5. The molecule has 0 fully saturated rings. The minimum atomic E-state index is -4.55. The predicted molar refractivity (Wildman–Crippen MR) is 119 cm³/mol. The standard InChI is InChI=1S/C25H23F6N3O/c1-15-12-18(7-9-20(15)27)34(11-3-4-16-5-10-22(33-14-16)25(29,30)31)23(24(35)32-2)19-13-17(26)6-8-21(19)28/h5-10,12-14,23H,3-4,11H2,1-2H3,(H,32,35). The number of anilines is 1. The van der Waals surface area contributed by atoms with E-state index in [0.717, 1.165) is 30.5 Å². The summed E-state index contributed by atoms with van der Waals surface area (Å²) in [6, 6.07) is 7.81. The number of hydrogen-bond acceptors (Lipinski definition) is 3. The number of aromatic nitrogens is 1. The molecule has 0 bridgehead atoms. The van der Waals surface area contributed by atoms with Gasteiger partial charge in [0, 0.05) is 31.0 Å². The van der Waals surface area contributed by atoms with Crippen molar-refractivity contribution in [3.63, 3.8) is 0 Å². The van der Waals surface area contributed by atoms with Gasteiger partial charge in [0.25, 0.3) is 0 Å². The fourth-order valence-electron chi connectivity index (χ4n) is 3.72. The van der Waals surface area contributed by atoms with Gasteiger partial charge >= 0.3 is 6.18 Å². The molecule has 0 aliphatic rings. The van der Waals surface area contributed by atoms with Gasteiger partial charge in [-0.25, -0.2) is 13.2 Å². The number of hydrogen-bond donors (Lipinski definition) is 1. The quantitative estimate of drug-likeness (QED) is 0.405. The van der Waals surface area contributed by atoms with Gasteiger partial charge in [-0.1, -0.05) is 6.07 Å². The third-order valence-corrected chi connectivity index (χ3v) is 5.51. The number of carbonyl (C=O) groups is 1. The Bertz CT molecular complexity index is 1180. The Labute approximate surface area is 198 Å². The van der Waals surface area contributed by atoms with E-state index in [0.29, 0.717) is 24.1 Å². The molecule has 0 saturated carbocycles. The van der Waals surface area contributed by atoms with E-state index in [1.807, 2.05) is 0 Å². The highest BCUT2D eigenvalue weighted by molar-refractivity contribution is 5.86. The zero-order valence-corrected chi connectivity index (χ0v) is 19.0. The van der Waals surface area contributed by atoms with Crippen LogP contribution >= 0.6 is 0 Å². The second kappa shape index (κ2) is 10.8. The van der Waals surface area contributed by atoms with Crippen LogP contribution in [0.25, 0.3) is 0 Å². The fourth-order valence-corrected chi connectivity index (χ4v) is 3.72. The van der Waals surface area contributed by atoms with Crippen LogP contribution in [0.4, 0.5) is 32.0 Å². The summed E-state index contributed by atoms with van der Waals surface area (Å²) in [4.78, 5) is 17.8. The smallest absolute Gasteiger partial charge is 0.357 e. The number of aryl methyl sites for hydroxylation is 2. The average molecular weight is 495 g/mol. The monoisotopic (exact) mass is 495 g/mol. The summed E-state index contributed by atoms with van der Waals surface area (Å²) in [7, 11) is 1.36. The second-order valence-corrected chi connectivity index (χ2v) is 7.96. The lowest BCUT2D eigenvalue weighted by Gasteiger charge is -2.33. The Morgan fingerprint density at radius 2 is 1.74 bits per heavy atom. The average Bonchev–Trinajstić information content (AvgIpc) is 2.81. The first-order valence-corrected chi connectivity index (χ1v) is 10.7. The Balaban J connectivity index is 1.94. The molecule has 1 atom stereocenters. The Kier molecular flexibility index (Phi) is 8.03. The van der Waals surface area contributed by atoms with Crippen LogP contribution in [0.1, 0.15) is 34.8 Å². The van der Waals surface area contributed by atoms with Gasteiger partial charge in [0.15, 0.2) is 0 Å². The molecule has 1 unspecified atom stereocenters. The fraction of sp³-hybridized carbons (Fsp3) is 0.280. The molecule has 2 aromatic carbocycles. The molecule has 0 aliphatic heterocycles. The summed E-state index contributed by atoms with van der Waals surface area (Å²) >= 11 is 0. The zero-order valence-electron chi connectivity index (χ0n) is 19.0. The Morgan fingerprint density at radius 3 is 2.34 bits per heavy atom. The van der Waals surface area contributed by atoms with E-state index in [9.17, 15) is 31.1 Å². The highest BCUT2D eigenvalue weighted by Gasteiger charge is 2.32. The maximum atomic E-state index is 14.7. The van der Waals surface area contributed by atoms with Gasteiger partial charge in [-0.15, -0.1) is 0 Å². The lowest BCUT2D eigenvalue weighted by Crippen LogP contribution is -2.41. The molecular formula is C25H23F6N3O. The van der Waals surface area contributed by atoms with Crippen molar-refractivity contribution in [3.05, 3.63) is 94.6 Å². The molecule has 0 aliphatic carbocycles. The molecule has 3 rings (SSSR count). The molecule has 186 valence electrons. The number of likely N-dealkylation sites (N-methyl/N-ethyl adjacent to an activating group) is 1. The summed E-state index contributed by atoms with van der Waals surface area (Å²) in [6.45, 7) is 1.66. The number of benzene rings is 2. The molecule has 35 heavy (non-hydrogen) atoms. The first kappa shape index (κ1) is 26.1. The van der Waals surface area contributed by atoms with Crippen molar-refractivity contribution in [2.45, 2.75) is 32.0 Å². The number of rotatable bonds is 8. The maximum Gasteiger partial charge on any atom is 0.433 e. The van der Waals surface area contributed by atoms with Crippen LogP contribution in [0.5, 0.6) is 0 Å². The van der Waals surface area contributed by atoms with Gasteiger partial charge in [0.2, 0.25) is 5.91 Å². The van der Waals surface area contributed by atoms with Crippen molar-refractivity contribution in [1.82, 2.24) is 10.3 Å². The predicted octanol–water partition coefficient (Wildman–Crippen LogP) is 5.75. The third-order valence-electron chi connectivity index (χ3n) is 5.51. The summed E-state index contributed by atoms with van der Waals surface area (Å²) in [5.41, 5.74) is -0.00312. The summed E-state index contributed by atoms with van der Waals surface area (Å²) in [6.07, 6.45) is -2.80. The van der Waals surface area contributed by atoms with E-state index in [2.05, 4.69) is 10.3 Å². The first-order valence-electron chi connectivity index (χ1n) is 10.7. The minimum Gasteiger partial charge on any atom is -0.357 e. The Morgan fingerprint density at radius 1 is 1.03 bits per heavy atom. The van der Waals surface area contributed by atoms with Gasteiger partial charge in [-0.05, 0) is 73.4 Å². The third kappa shape index (κ3) is 6.32. The number of amides is 1. The number of alkyl halides is 3. The molecular weight excluding hydrogens is 472 g/mol. The number of nitrogens with zero attached hydrogens (tertiary/aromatic N) is 2. The minimum absolute atomic E-state index is 0.125. The van der Waals surface area contributed by atoms with Gasteiger partial charge in [0.1, 0.15) is 29.2 Å². The number of halogens is 6. The van der Waals surface area contributed by atoms with E-state index in [1.54, 1.807) is 0 Å². The molecule has 1 aromatic heterocycles. The molecule has 10 heteroatoms. The Hall–Kier alpha value is -3.56. The maximum absolute atomic E-state index is 14.7. The number of carbonyl (C=O) groups excluding carboxylic acids is 1. The highest BCUT2D eigenvalue weighted by atomic mass is 19.4. The van der Waals surface area contributed by atoms with Gasteiger partial charge in [-0.2, -0.15) is 13.2 Å². The van der Waals surface area contributed by atoms with Crippen LogP contribution in [-0.2, 0) is 17.4 Å². The van der Waals surface area contributed by atoms with Crippen molar-refractivity contribution < 1.29 is 31.1 Å². The SMILES string of the molecule is CNC(=O)C(c1cc(F)ccc1F)N(CCCc1ccc(C(F)(F)F)nc1)c1ccc(F)c(C)c1. The topological polar surface area (TPSA) is 45.2 Å². The van der Waals surface area contributed by atoms with Crippen LogP contribution in [0.15, 0.2) is 54.7 Å². The molecule has 0 radical (unpaired) electrons. The summed E-state index contributed by atoms with van der Waals surface area (Å²) < 4.78 is 80.9. The second-order valence-electron chi connectivity index (χ2n) is 7.96. The largest absolute Gasteiger partial charge is 0.433 e. The van der Waals surface area contributed by atoms with Crippen LogP contribution in [0, 0.1) is 24.4 Å². The lowest BCUT2D eigenvalue weighted by molar-refractivity contribution is -0.141. The van der Waals surface area contributed by atoms with Crippen molar-refractivity contribution in [1.29, 1.82) is 0 Å². The molecule has 4 nitrogen and oxygen atoms in total. The molecule has 0 spiro atoms. The molecule has 1 N–H and O–H groups in total. The van der Waals surface area contributed by atoms with Crippen molar-refractivity contribution in [2.24, 2.45) is 0 Å². The number of pyridine rings is 1. The van der Waals surface area contributed by atoms with Crippen LogP contribution in [0.3, 0.4) is 0 Å². The van der Waals surface area contributed by atoms with Crippen molar-refractivity contribution in [2.75, 3.05) is 18.5 Å². The van der Waals surface area contributed by atoms with E-state index < -0.39 is 41.3 Å². The van der Waals surface area contributed by atoms with E-state index >= 15 is 0 Å². The van der Waals surface area contributed by atoms with Gasteiger partial charge in [-0.3, -0.25) is 9.78 Å². The highest BCUT2D eigenvalue weighted by Crippen LogP contribution is 2.32. The van der Waals surface area contributed by atoms with Crippen LogP contribution in [0.2, 0.25) is 0 Å². The molecule has 1 heterocycles. The van der Waals surface area contributed by atoms with E-state index in [4.69, 9.17) is 0 Å². The van der Waals surface area contributed by atoms with Crippen LogP contribution in [-0.4, -0.2) is 24.5 Å². The van der Waals surface area contributed by atoms with E-state index in [-0.39, 0.29) is 17.7 Å². The van der Waals surface area contributed by atoms with Gasteiger partial charge in [0.05, 0.1) is 0 Å². The van der Waals surface area contributed by atoms with E-state index in [1.165, 1.54) is 43.1 Å². The summed E-state index contributed by atoms with van der Waals surface area (Å²) in [5, 5.41) is 2.45. The molecule has 3 aromatic rings. The van der Waals surface area contributed by atoms with Crippen LogP contribution < -0.4 is 10.2 Å². The van der Waals surface area contributed by atoms with Crippen molar-refractivity contribution in [3.8, 4) is 0 Å². The summed E-state index contributed by atoms with van der Waals surface area (Å²) in [5.74, 6) is -2.62. The molecule has 0 saturated heterocycles. The number of nitrogens with one attached hydrogen (secondary N) is 1. The normalized spacial score (nSPS) is 12.3. The zero-order chi connectivity index (χ0) is 25.8. The molecule has 1 amide bonds. The van der Waals surface area contributed by atoms with Crippen molar-refractivity contribution >= 4 is 11.6 Å². The van der Waals surface area contributed by atoms with Gasteiger partial charge < -0.3 is 10.2 Å². The lowest BCUT2D eigenvalue weighted by atomic mass is 10.0.